The minimum Gasteiger partial charge on any atom is -0.381 e. The third-order valence-electron chi connectivity index (χ3n) is 4.93. The summed E-state index contributed by atoms with van der Waals surface area (Å²) < 4.78 is 19.3. The van der Waals surface area contributed by atoms with Crippen LogP contribution in [-0.2, 0) is 16.7 Å². The second-order valence-corrected chi connectivity index (χ2v) is 8.07. The number of aliphatic imine (C=N–C) groups is 1. The Labute approximate surface area is 181 Å². The third-order valence-corrected chi connectivity index (χ3v) is 5.93. The number of thiophene rings is 1. The van der Waals surface area contributed by atoms with Crippen molar-refractivity contribution in [2.75, 3.05) is 26.8 Å². The van der Waals surface area contributed by atoms with E-state index in [1.807, 2.05) is 6.07 Å². The van der Waals surface area contributed by atoms with Crippen molar-refractivity contribution in [3.05, 3.63) is 57.5 Å². The Hall–Kier alpha value is -1.19. The maximum atomic E-state index is 13.8. The van der Waals surface area contributed by atoms with Gasteiger partial charge in [0.2, 0.25) is 0 Å². The molecule has 0 amide bonds. The van der Waals surface area contributed by atoms with Crippen molar-refractivity contribution in [3.8, 4) is 0 Å². The standard InChI is InChI=1S/C20H26FN3OS.HI/c1-15-6-7-18(26-15)13-23-19(22-2)24-14-20(8-10-25-11-9-20)16-4-3-5-17(21)12-16;/h3-7,12H,8-11,13-14H2,1-2H3,(H2,22,23,24);1H. The molecule has 1 aliphatic rings. The van der Waals surface area contributed by atoms with Crippen LogP contribution in [0.15, 0.2) is 41.4 Å². The first-order chi connectivity index (χ1) is 12.6. The van der Waals surface area contributed by atoms with E-state index in [1.165, 1.54) is 15.8 Å². The zero-order valence-electron chi connectivity index (χ0n) is 15.8. The fourth-order valence-electron chi connectivity index (χ4n) is 3.37. The predicted molar refractivity (Wildman–Crippen MR) is 121 cm³/mol. The van der Waals surface area contributed by atoms with Crippen molar-refractivity contribution >= 4 is 41.3 Å². The van der Waals surface area contributed by atoms with Crippen molar-refractivity contribution in [2.24, 2.45) is 4.99 Å². The maximum Gasteiger partial charge on any atom is 0.191 e. The molecule has 2 heterocycles. The van der Waals surface area contributed by atoms with Gasteiger partial charge in [0, 0.05) is 42.0 Å². The smallest absolute Gasteiger partial charge is 0.191 e. The van der Waals surface area contributed by atoms with Crippen molar-refractivity contribution < 1.29 is 9.13 Å². The van der Waals surface area contributed by atoms with E-state index in [2.05, 4.69) is 34.7 Å². The van der Waals surface area contributed by atoms with Crippen LogP contribution in [0.25, 0.3) is 0 Å². The van der Waals surface area contributed by atoms with E-state index >= 15 is 0 Å². The lowest BCUT2D eigenvalue weighted by Crippen LogP contribution is -2.47. The predicted octanol–water partition coefficient (Wildman–Crippen LogP) is 4.23. The number of hydrogen-bond donors (Lipinski definition) is 2. The summed E-state index contributed by atoms with van der Waals surface area (Å²) in [5.74, 6) is 0.572. The van der Waals surface area contributed by atoms with Crippen LogP contribution in [0, 0.1) is 12.7 Å². The van der Waals surface area contributed by atoms with Crippen LogP contribution in [0.4, 0.5) is 4.39 Å². The molecule has 27 heavy (non-hydrogen) atoms. The van der Waals surface area contributed by atoms with Crippen LogP contribution in [0.3, 0.4) is 0 Å². The molecule has 148 valence electrons. The van der Waals surface area contributed by atoms with Crippen molar-refractivity contribution in [1.29, 1.82) is 0 Å². The second kappa shape index (κ2) is 10.4. The molecule has 7 heteroatoms. The van der Waals surface area contributed by atoms with Crippen LogP contribution in [0.2, 0.25) is 0 Å². The molecule has 1 aromatic carbocycles. The average molecular weight is 503 g/mol. The van der Waals surface area contributed by atoms with Gasteiger partial charge in [-0.3, -0.25) is 4.99 Å². The van der Waals surface area contributed by atoms with Gasteiger partial charge in [0.1, 0.15) is 5.82 Å². The Bertz CT molecular complexity index is 759. The number of halogens is 2. The van der Waals surface area contributed by atoms with Gasteiger partial charge in [0.15, 0.2) is 5.96 Å². The van der Waals surface area contributed by atoms with Gasteiger partial charge in [-0.25, -0.2) is 4.39 Å². The van der Waals surface area contributed by atoms with Gasteiger partial charge in [-0.15, -0.1) is 35.3 Å². The molecule has 3 rings (SSSR count). The molecule has 1 saturated heterocycles. The number of rotatable bonds is 5. The molecular formula is C20H27FIN3OS. The maximum absolute atomic E-state index is 13.8. The Balaban J connectivity index is 0.00000261. The lowest BCUT2D eigenvalue weighted by molar-refractivity contribution is 0.0513. The van der Waals surface area contributed by atoms with E-state index in [0.717, 1.165) is 30.9 Å². The topological polar surface area (TPSA) is 45.7 Å². The molecule has 1 fully saturated rings. The summed E-state index contributed by atoms with van der Waals surface area (Å²) >= 11 is 1.78. The SMILES string of the molecule is CN=C(NCc1ccc(C)s1)NCC1(c2cccc(F)c2)CCOCC1.I. The van der Waals surface area contributed by atoms with Gasteiger partial charge in [-0.2, -0.15) is 0 Å². The molecule has 0 bridgehead atoms. The van der Waals surface area contributed by atoms with Gasteiger partial charge in [0.05, 0.1) is 6.54 Å². The molecule has 0 radical (unpaired) electrons. The number of nitrogens with zero attached hydrogens (tertiary/aromatic N) is 1. The minimum atomic E-state index is -0.191. The molecule has 1 aromatic heterocycles. The number of ether oxygens (including phenoxy) is 1. The Morgan fingerprint density at radius 1 is 1.22 bits per heavy atom. The molecule has 1 aliphatic heterocycles. The molecule has 0 saturated carbocycles. The fraction of sp³-hybridized carbons (Fsp3) is 0.450. The number of aryl methyl sites for hydroxylation is 1. The second-order valence-electron chi connectivity index (χ2n) is 6.69. The third kappa shape index (κ3) is 5.89. The fourth-order valence-corrected chi connectivity index (χ4v) is 4.20. The highest BCUT2D eigenvalue weighted by Crippen LogP contribution is 2.34. The summed E-state index contributed by atoms with van der Waals surface area (Å²) in [5.41, 5.74) is 0.884. The lowest BCUT2D eigenvalue weighted by atomic mass is 9.74. The Kier molecular flexibility index (Phi) is 8.50. The first-order valence-corrected chi connectivity index (χ1v) is 9.77. The summed E-state index contributed by atoms with van der Waals surface area (Å²) in [5, 5.41) is 6.80. The molecule has 2 aromatic rings. The van der Waals surface area contributed by atoms with E-state index in [0.29, 0.717) is 19.8 Å². The molecular weight excluding hydrogens is 476 g/mol. The highest BCUT2D eigenvalue weighted by Gasteiger charge is 2.34. The van der Waals surface area contributed by atoms with Gasteiger partial charge in [0.25, 0.3) is 0 Å². The van der Waals surface area contributed by atoms with E-state index in [1.54, 1.807) is 30.5 Å². The van der Waals surface area contributed by atoms with Crippen LogP contribution in [0.5, 0.6) is 0 Å². The van der Waals surface area contributed by atoms with Gasteiger partial charge in [-0.05, 0) is 49.6 Å². The molecule has 0 atom stereocenters. The normalized spacial score (nSPS) is 16.5. The van der Waals surface area contributed by atoms with E-state index in [-0.39, 0.29) is 35.2 Å². The highest BCUT2D eigenvalue weighted by atomic mass is 127. The Morgan fingerprint density at radius 2 is 2.00 bits per heavy atom. The number of guanidine groups is 1. The van der Waals surface area contributed by atoms with Crippen LogP contribution in [-0.4, -0.2) is 32.8 Å². The average Bonchev–Trinajstić information content (AvgIpc) is 3.08. The van der Waals surface area contributed by atoms with E-state index in [4.69, 9.17) is 4.74 Å². The van der Waals surface area contributed by atoms with Crippen molar-refractivity contribution in [3.63, 3.8) is 0 Å². The van der Waals surface area contributed by atoms with E-state index in [9.17, 15) is 4.39 Å². The van der Waals surface area contributed by atoms with Crippen molar-refractivity contribution in [1.82, 2.24) is 10.6 Å². The minimum absolute atomic E-state index is 0. The first kappa shape index (κ1) is 22.1. The molecule has 0 aliphatic carbocycles. The van der Waals surface area contributed by atoms with Gasteiger partial charge in [-0.1, -0.05) is 12.1 Å². The molecule has 4 nitrogen and oxygen atoms in total. The summed E-state index contributed by atoms with van der Waals surface area (Å²) in [6.07, 6.45) is 1.73. The van der Waals surface area contributed by atoms with Gasteiger partial charge < -0.3 is 15.4 Å². The lowest BCUT2D eigenvalue weighted by Gasteiger charge is -2.38. The summed E-state index contributed by atoms with van der Waals surface area (Å²) in [7, 11) is 1.77. The monoisotopic (exact) mass is 503 g/mol. The number of nitrogens with one attached hydrogen (secondary N) is 2. The summed E-state index contributed by atoms with van der Waals surface area (Å²) in [4.78, 5) is 6.91. The molecule has 2 N–H and O–H groups in total. The number of hydrogen-bond acceptors (Lipinski definition) is 3. The Morgan fingerprint density at radius 3 is 2.63 bits per heavy atom. The highest BCUT2D eigenvalue weighted by molar-refractivity contribution is 14.0. The van der Waals surface area contributed by atoms with Crippen LogP contribution in [0.1, 0.15) is 28.2 Å². The summed E-state index contributed by atoms with van der Waals surface area (Å²) in [6.45, 7) is 4.93. The first-order valence-electron chi connectivity index (χ1n) is 8.95. The molecule has 0 unspecified atom stereocenters. The summed E-state index contributed by atoms with van der Waals surface area (Å²) in [6, 6.07) is 11.2. The van der Waals surface area contributed by atoms with E-state index < -0.39 is 0 Å². The van der Waals surface area contributed by atoms with Crippen LogP contribution < -0.4 is 10.6 Å². The largest absolute Gasteiger partial charge is 0.381 e. The molecule has 0 spiro atoms. The van der Waals surface area contributed by atoms with Gasteiger partial charge >= 0.3 is 0 Å². The van der Waals surface area contributed by atoms with Crippen molar-refractivity contribution in [2.45, 2.75) is 31.7 Å². The zero-order valence-corrected chi connectivity index (χ0v) is 18.9. The zero-order chi connectivity index (χ0) is 18.4. The quantitative estimate of drug-likeness (QED) is 0.365. The number of benzene rings is 1. The van der Waals surface area contributed by atoms with Crippen LogP contribution >= 0.6 is 35.3 Å².